The molecule has 4 nitrogen and oxygen atoms in total. The first-order valence-electron chi connectivity index (χ1n) is 11.4. The molecule has 0 unspecified atom stereocenters. The first-order chi connectivity index (χ1) is 17.4. The number of aryl methyl sites for hydroxylation is 1. The van der Waals surface area contributed by atoms with Gasteiger partial charge >= 0.3 is 0 Å². The molecule has 1 saturated heterocycles. The van der Waals surface area contributed by atoms with Gasteiger partial charge in [-0.3, -0.25) is 14.5 Å². The normalized spacial score (nSPS) is 15.0. The maximum atomic E-state index is 13.2. The van der Waals surface area contributed by atoms with Crippen LogP contribution in [0.15, 0.2) is 71.8 Å². The van der Waals surface area contributed by atoms with Gasteiger partial charge in [0.2, 0.25) is 0 Å². The summed E-state index contributed by atoms with van der Waals surface area (Å²) in [7, 11) is 0. The van der Waals surface area contributed by atoms with Crippen molar-refractivity contribution in [2.75, 3.05) is 0 Å². The minimum atomic E-state index is -0.318. The summed E-state index contributed by atoms with van der Waals surface area (Å²) in [6, 6.07) is 19.0. The molecular weight excluding hydrogens is 535 g/mol. The number of halogens is 3. The number of amides is 2. The summed E-state index contributed by atoms with van der Waals surface area (Å²) in [4.78, 5) is 27.6. The highest BCUT2D eigenvalue weighted by Crippen LogP contribution is 2.36. The van der Waals surface area contributed by atoms with Crippen LogP contribution in [0, 0.1) is 0 Å². The molecule has 1 aromatic heterocycles. The topological polar surface area (TPSA) is 42.3 Å². The van der Waals surface area contributed by atoms with Crippen LogP contribution in [0.1, 0.15) is 29.2 Å². The number of hydrogen-bond donors (Lipinski definition) is 0. The van der Waals surface area contributed by atoms with Crippen molar-refractivity contribution >= 4 is 74.7 Å². The molecule has 3 aromatic carbocycles. The molecule has 0 bridgehead atoms. The molecule has 0 aliphatic carbocycles. The van der Waals surface area contributed by atoms with Crippen LogP contribution < -0.4 is 0 Å². The highest BCUT2D eigenvalue weighted by molar-refractivity contribution is 8.18. The van der Waals surface area contributed by atoms with Crippen LogP contribution in [0.4, 0.5) is 4.79 Å². The van der Waals surface area contributed by atoms with Gasteiger partial charge in [0.05, 0.1) is 27.0 Å². The first-order valence-corrected chi connectivity index (χ1v) is 13.3. The van der Waals surface area contributed by atoms with Gasteiger partial charge in [-0.2, -0.15) is 0 Å². The van der Waals surface area contributed by atoms with E-state index < -0.39 is 0 Å². The summed E-state index contributed by atoms with van der Waals surface area (Å²) < 4.78 is 2.16. The van der Waals surface area contributed by atoms with Crippen LogP contribution in [-0.2, 0) is 24.3 Å². The number of fused-ring (bicyclic) bond motifs is 1. The summed E-state index contributed by atoms with van der Waals surface area (Å²) in [5.41, 5.74) is 4.91. The lowest BCUT2D eigenvalue weighted by Crippen LogP contribution is -2.27. The third kappa shape index (κ3) is 4.81. The van der Waals surface area contributed by atoms with E-state index in [4.69, 9.17) is 34.8 Å². The SMILES string of the molecule is CCc1cccc2c(/C=C3\SC(=O)N(Cc4ccccc4Cl)C3=O)cn(Cc3ccc(Cl)c(Cl)c3)c12. The fraction of sp³-hybridized carbons (Fsp3) is 0.143. The van der Waals surface area contributed by atoms with E-state index in [1.807, 2.05) is 54.7 Å². The largest absolute Gasteiger partial charge is 0.342 e. The van der Waals surface area contributed by atoms with Gasteiger partial charge < -0.3 is 4.57 Å². The Balaban J connectivity index is 1.52. The van der Waals surface area contributed by atoms with Crippen molar-refractivity contribution < 1.29 is 9.59 Å². The number of carbonyl (C=O) groups excluding carboxylic acids is 2. The summed E-state index contributed by atoms with van der Waals surface area (Å²) in [5.74, 6) is -0.318. The van der Waals surface area contributed by atoms with Gasteiger partial charge in [-0.15, -0.1) is 0 Å². The number of hydrogen-bond acceptors (Lipinski definition) is 3. The van der Waals surface area contributed by atoms with Gasteiger partial charge in [-0.05, 0) is 59.1 Å². The van der Waals surface area contributed by atoms with Gasteiger partial charge in [0.15, 0.2) is 0 Å². The van der Waals surface area contributed by atoms with Crippen molar-refractivity contribution in [1.29, 1.82) is 0 Å². The van der Waals surface area contributed by atoms with E-state index in [2.05, 4.69) is 17.6 Å². The Morgan fingerprint density at radius 3 is 2.39 bits per heavy atom. The molecule has 1 fully saturated rings. The molecule has 2 amide bonds. The molecule has 1 aliphatic rings. The summed E-state index contributed by atoms with van der Waals surface area (Å²) in [6.45, 7) is 2.85. The van der Waals surface area contributed by atoms with Crippen LogP contribution >= 0.6 is 46.6 Å². The molecule has 1 aliphatic heterocycles. The van der Waals surface area contributed by atoms with Crippen LogP contribution in [0.25, 0.3) is 17.0 Å². The minimum absolute atomic E-state index is 0.140. The van der Waals surface area contributed by atoms with E-state index in [9.17, 15) is 9.59 Å². The maximum absolute atomic E-state index is 13.2. The molecule has 0 atom stereocenters. The highest BCUT2D eigenvalue weighted by Gasteiger charge is 2.35. The fourth-order valence-corrected chi connectivity index (χ4v) is 5.74. The predicted octanol–water partition coefficient (Wildman–Crippen LogP) is 8.45. The molecule has 182 valence electrons. The number of carbonyl (C=O) groups is 2. The number of imide groups is 1. The zero-order valence-electron chi connectivity index (χ0n) is 19.3. The highest BCUT2D eigenvalue weighted by atomic mass is 35.5. The Morgan fingerprint density at radius 2 is 1.64 bits per heavy atom. The Bertz CT molecular complexity index is 1540. The second kappa shape index (κ2) is 10.3. The number of nitrogens with zero attached hydrogens (tertiary/aromatic N) is 2. The predicted molar refractivity (Wildman–Crippen MR) is 150 cm³/mol. The van der Waals surface area contributed by atoms with E-state index in [0.717, 1.165) is 45.8 Å². The van der Waals surface area contributed by atoms with Gasteiger partial charge in [0.25, 0.3) is 11.1 Å². The molecule has 36 heavy (non-hydrogen) atoms. The molecule has 8 heteroatoms. The monoisotopic (exact) mass is 554 g/mol. The second-order valence-corrected chi connectivity index (χ2v) is 10.7. The zero-order valence-corrected chi connectivity index (χ0v) is 22.4. The van der Waals surface area contributed by atoms with Crippen molar-refractivity contribution in [3.05, 3.63) is 109 Å². The molecule has 0 spiro atoms. The van der Waals surface area contributed by atoms with Crippen molar-refractivity contribution in [3.63, 3.8) is 0 Å². The number of para-hydroxylation sites is 1. The van der Waals surface area contributed by atoms with Crippen LogP contribution in [0.3, 0.4) is 0 Å². The fourth-order valence-electron chi connectivity index (χ4n) is 4.40. The molecule has 5 rings (SSSR count). The van der Waals surface area contributed by atoms with E-state index in [-0.39, 0.29) is 17.7 Å². The number of rotatable bonds is 6. The second-order valence-electron chi connectivity index (χ2n) is 8.49. The van der Waals surface area contributed by atoms with Crippen LogP contribution in [0.2, 0.25) is 15.1 Å². The zero-order chi connectivity index (χ0) is 25.4. The third-order valence-electron chi connectivity index (χ3n) is 6.18. The van der Waals surface area contributed by atoms with E-state index in [0.29, 0.717) is 26.5 Å². The Kier molecular flexibility index (Phi) is 7.18. The van der Waals surface area contributed by atoms with Crippen molar-refractivity contribution in [1.82, 2.24) is 9.47 Å². The first kappa shape index (κ1) is 25.0. The van der Waals surface area contributed by atoms with Crippen LogP contribution in [0.5, 0.6) is 0 Å². The van der Waals surface area contributed by atoms with Crippen LogP contribution in [-0.4, -0.2) is 20.6 Å². The lowest BCUT2D eigenvalue weighted by atomic mass is 10.1. The maximum Gasteiger partial charge on any atom is 0.293 e. The Labute approximate surface area is 228 Å². The van der Waals surface area contributed by atoms with E-state index in [1.54, 1.807) is 12.1 Å². The van der Waals surface area contributed by atoms with Gasteiger partial charge in [-0.25, -0.2) is 0 Å². The summed E-state index contributed by atoms with van der Waals surface area (Å²) >= 11 is 19.6. The third-order valence-corrected chi connectivity index (χ3v) is 8.19. The Morgan fingerprint density at radius 1 is 0.861 bits per heavy atom. The van der Waals surface area contributed by atoms with Gasteiger partial charge in [-0.1, -0.05) is 84.2 Å². The minimum Gasteiger partial charge on any atom is -0.342 e. The summed E-state index contributed by atoms with van der Waals surface area (Å²) in [6.07, 6.45) is 4.69. The smallest absolute Gasteiger partial charge is 0.293 e. The average molecular weight is 556 g/mol. The van der Waals surface area contributed by atoms with E-state index in [1.165, 1.54) is 10.5 Å². The van der Waals surface area contributed by atoms with E-state index >= 15 is 0 Å². The molecule has 4 aromatic rings. The average Bonchev–Trinajstić information content (AvgIpc) is 3.34. The molecule has 0 saturated carbocycles. The number of thioether (sulfide) groups is 1. The van der Waals surface area contributed by atoms with Crippen molar-refractivity contribution in [3.8, 4) is 0 Å². The lowest BCUT2D eigenvalue weighted by Gasteiger charge is -2.13. The van der Waals surface area contributed by atoms with Crippen molar-refractivity contribution in [2.45, 2.75) is 26.4 Å². The molecule has 2 heterocycles. The van der Waals surface area contributed by atoms with Gasteiger partial charge in [0, 0.05) is 28.7 Å². The quantitative estimate of drug-likeness (QED) is 0.224. The number of benzene rings is 3. The standard InChI is InChI=1S/C28H21Cl3N2O2S/c1-2-18-7-5-8-21-20(15-32(26(18)21)14-17-10-11-23(30)24(31)12-17)13-25-27(34)33(28(35)36-25)16-19-6-3-4-9-22(19)29/h3-13,15H,2,14,16H2,1H3/b25-13-. The summed E-state index contributed by atoms with van der Waals surface area (Å²) in [5, 5.41) is 2.26. The molecule has 0 radical (unpaired) electrons. The molecular formula is C28H21Cl3N2O2S. The Hall–Kier alpha value is -2.70. The molecule has 0 N–H and O–H groups in total. The number of aromatic nitrogens is 1. The van der Waals surface area contributed by atoms with Gasteiger partial charge in [0.1, 0.15) is 0 Å². The lowest BCUT2D eigenvalue weighted by molar-refractivity contribution is -0.123. The van der Waals surface area contributed by atoms with Crippen molar-refractivity contribution in [2.24, 2.45) is 0 Å².